The number of benzene rings is 1. The summed E-state index contributed by atoms with van der Waals surface area (Å²) in [6, 6.07) is 10.9. The SMILES string of the molecule is N#Cc1ccc(Nc2ccc(N3CC(CNC(=O)C(F)F)OC3=O)cc2F)c(=O)cc1. The van der Waals surface area contributed by atoms with Crippen molar-refractivity contribution in [3.63, 3.8) is 0 Å². The quantitative estimate of drug-likeness (QED) is 0.726. The predicted octanol–water partition coefficient (Wildman–Crippen LogP) is 2.51. The van der Waals surface area contributed by atoms with E-state index < -0.39 is 35.8 Å². The Kier molecular flexibility index (Phi) is 6.40. The maximum Gasteiger partial charge on any atom is 0.414 e. The number of hydrogen-bond donors (Lipinski definition) is 2. The number of halogens is 3. The van der Waals surface area contributed by atoms with Crippen LogP contribution in [0.25, 0.3) is 0 Å². The van der Waals surface area contributed by atoms with Gasteiger partial charge in [-0.2, -0.15) is 14.0 Å². The molecule has 1 unspecified atom stereocenters. The molecule has 0 radical (unpaired) electrons. The number of rotatable bonds is 6. The van der Waals surface area contributed by atoms with Crippen LogP contribution in [0.3, 0.4) is 0 Å². The van der Waals surface area contributed by atoms with E-state index in [9.17, 15) is 27.6 Å². The standard InChI is InChI=1S/C20H15F3N4O4/c21-14-7-12(27-10-13(31-20(27)30)9-25-19(29)18(22)23)3-5-15(14)26-16-4-1-11(8-24)2-6-17(16)28/h1-7,13,18H,9-10H2,(H,25,29)(H,26,28). The summed E-state index contributed by atoms with van der Waals surface area (Å²) in [6.07, 6.45) is -4.88. The third kappa shape index (κ3) is 5.11. The number of hydrogen-bond acceptors (Lipinski definition) is 6. The van der Waals surface area contributed by atoms with Gasteiger partial charge in [0.2, 0.25) is 5.43 Å². The Balaban J connectivity index is 1.72. The average molecular weight is 432 g/mol. The molecule has 2 aromatic rings. The van der Waals surface area contributed by atoms with Gasteiger partial charge in [0.1, 0.15) is 11.9 Å². The summed E-state index contributed by atoms with van der Waals surface area (Å²) in [5.41, 5.74) is -0.0551. The van der Waals surface area contributed by atoms with Crippen molar-refractivity contribution >= 4 is 29.1 Å². The van der Waals surface area contributed by atoms with Crippen LogP contribution >= 0.6 is 0 Å². The zero-order valence-corrected chi connectivity index (χ0v) is 15.8. The van der Waals surface area contributed by atoms with Crippen molar-refractivity contribution in [3.8, 4) is 6.07 Å². The summed E-state index contributed by atoms with van der Waals surface area (Å²) in [5.74, 6) is -2.25. The molecule has 2 N–H and O–H groups in total. The maximum atomic E-state index is 14.6. The average Bonchev–Trinajstić information content (AvgIpc) is 3.02. The number of alkyl halides is 2. The molecule has 0 spiro atoms. The van der Waals surface area contributed by atoms with E-state index >= 15 is 0 Å². The fourth-order valence-electron chi connectivity index (χ4n) is 2.79. The molecule has 1 heterocycles. The van der Waals surface area contributed by atoms with Crippen LogP contribution in [0.15, 0.2) is 47.3 Å². The summed E-state index contributed by atoms with van der Waals surface area (Å²) in [4.78, 5) is 36.1. The number of carbonyl (C=O) groups excluding carboxylic acids is 2. The van der Waals surface area contributed by atoms with Crippen molar-refractivity contribution < 1.29 is 27.5 Å². The monoisotopic (exact) mass is 432 g/mol. The van der Waals surface area contributed by atoms with Crippen molar-refractivity contribution in [2.75, 3.05) is 23.3 Å². The second-order valence-electron chi connectivity index (χ2n) is 6.46. The van der Waals surface area contributed by atoms with Crippen LogP contribution in [0.2, 0.25) is 0 Å². The summed E-state index contributed by atoms with van der Waals surface area (Å²) in [5, 5.41) is 13.5. The normalized spacial score (nSPS) is 15.4. The van der Waals surface area contributed by atoms with Gasteiger partial charge in [0.25, 0.3) is 5.91 Å². The van der Waals surface area contributed by atoms with E-state index in [2.05, 4.69) is 5.32 Å². The summed E-state index contributed by atoms with van der Waals surface area (Å²) in [6.45, 7) is -0.389. The first-order chi connectivity index (χ1) is 14.8. The zero-order chi connectivity index (χ0) is 22.5. The number of nitrogens with one attached hydrogen (secondary N) is 2. The number of ether oxygens (including phenoxy) is 1. The first kappa shape index (κ1) is 21.6. The van der Waals surface area contributed by atoms with E-state index in [1.54, 1.807) is 0 Å². The van der Waals surface area contributed by atoms with Crippen molar-refractivity contribution in [1.29, 1.82) is 5.26 Å². The van der Waals surface area contributed by atoms with Crippen molar-refractivity contribution in [1.82, 2.24) is 5.32 Å². The Morgan fingerprint density at radius 1 is 1.19 bits per heavy atom. The lowest BCUT2D eigenvalue weighted by Gasteiger charge is -2.15. The van der Waals surface area contributed by atoms with E-state index in [4.69, 9.17) is 10.00 Å². The molecular formula is C20H15F3N4O4. The van der Waals surface area contributed by atoms with Gasteiger partial charge in [0.05, 0.1) is 41.8 Å². The minimum absolute atomic E-state index is 0.0427. The van der Waals surface area contributed by atoms with Crippen molar-refractivity contribution in [3.05, 3.63) is 64.1 Å². The van der Waals surface area contributed by atoms with Crippen LogP contribution in [-0.2, 0) is 9.53 Å². The molecule has 1 atom stereocenters. The molecule has 0 bridgehead atoms. The maximum absolute atomic E-state index is 14.6. The first-order valence-electron chi connectivity index (χ1n) is 8.93. The number of anilines is 3. The third-order valence-electron chi connectivity index (χ3n) is 4.35. The smallest absolute Gasteiger partial charge is 0.414 e. The Morgan fingerprint density at radius 3 is 2.58 bits per heavy atom. The highest BCUT2D eigenvalue weighted by Gasteiger charge is 2.33. The molecular weight excluding hydrogens is 417 g/mol. The largest absolute Gasteiger partial charge is 0.442 e. The summed E-state index contributed by atoms with van der Waals surface area (Å²) < 4.78 is 44.0. The lowest BCUT2D eigenvalue weighted by molar-refractivity contribution is -0.132. The molecule has 1 aliphatic rings. The second kappa shape index (κ2) is 9.17. The van der Waals surface area contributed by atoms with Gasteiger partial charge in [-0.15, -0.1) is 0 Å². The molecule has 0 aromatic heterocycles. The highest BCUT2D eigenvalue weighted by atomic mass is 19.3. The topological polar surface area (TPSA) is 112 Å². The predicted molar refractivity (Wildman–Crippen MR) is 104 cm³/mol. The molecule has 0 saturated carbocycles. The van der Waals surface area contributed by atoms with Crippen LogP contribution in [0.4, 0.5) is 35.0 Å². The molecule has 1 fully saturated rings. The molecule has 0 aliphatic carbocycles. The molecule has 160 valence electrons. The molecule has 1 saturated heterocycles. The van der Waals surface area contributed by atoms with E-state index in [0.29, 0.717) is 0 Å². The molecule has 1 aliphatic heterocycles. The van der Waals surface area contributed by atoms with Crippen LogP contribution in [-0.4, -0.2) is 37.6 Å². The minimum Gasteiger partial charge on any atom is -0.442 e. The molecule has 2 amide bonds. The molecule has 2 aromatic carbocycles. The van der Waals surface area contributed by atoms with Crippen LogP contribution in [0, 0.1) is 17.1 Å². The highest BCUT2D eigenvalue weighted by Crippen LogP contribution is 2.27. The van der Waals surface area contributed by atoms with Gasteiger partial charge in [0.15, 0.2) is 0 Å². The summed E-state index contributed by atoms with van der Waals surface area (Å²) in [7, 11) is 0. The van der Waals surface area contributed by atoms with Gasteiger partial charge >= 0.3 is 12.5 Å². The van der Waals surface area contributed by atoms with E-state index in [0.717, 1.165) is 11.0 Å². The second-order valence-corrected chi connectivity index (χ2v) is 6.46. The Hall–Kier alpha value is -4.07. The number of carbonyl (C=O) groups is 2. The number of nitrogens with zero attached hydrogens (tertiary/aromatic N) is 2. The lowest BCUT2D eigenvalue weighted by atomic mass is 10.2. The van der Waals surface area contributed by atoms with Crippen LogP contribution in [0.1, 0.15) is 5.56 Å². The highest BCUT2D eigenvalue weighted by molar-refractivity contribution is 5.90. The fraction of sp³-hybridized carbons (Fsp3) is 0.200. The van der Waals surface area contributed by atoms with Gasteiger partial charge in [-0.05, 0) is 42.5 Å². The van der Waals surface area contributed by atoms with Gasteiger partial charge in [-0.25, -0.2) is 9.18 Å². The Morgan fingerprint density at radius 2 is 1.90 bits per heavy atom. The molecule has 8 nitrogen and oxygen atoms in total. The molecule has 31 heavy (non-hydrogen) atoms. The van der Waals surface area contributed by atoms with Gasteiger partial charge in [-0.1, -0.05) is 0 Å². The zero-order valence-electron chi connectivity index (χ0n) is 15.8. The number of amides is 2. The minimum atomic E-state index is -3.18. The summed E-state index contributed by atoms with van der Waals surface area (Å²) >= 11 is 0. The molecule has 11 heteroatoms. The van der Waals surface area contributed by atoms with E-state index in [1.807, 2.05) is 11.4 Å². The number of cyclic esters (lactones) is 1. The van der Waals surface area contributed by atoms with Crippen molar-refractivity contribution in [2.24, 2.45) is 0 Å². The third-order valence-corrected chi connectivity index (χ3v) is 4.35. The van der Waals surface area contributed by atoms with Crippen LogP contribution in [0.5, 0.6) is 0 Å². The van der Waals surface area contributed by atoms with Crippen LogP contribution < -0.4 is 21.0 Å². The molecule has 3 rings (SSSR count). The van der Waals surface area contributed by atoms with Crippen molar-refractivity contribution in [2.45, 2.75) is 12.5 Å². The Labute approximate surface area is 173 Å². The lowest BCUT2D eigenvalue weighted by Crippen LogP contribution is -2.37. The van der Waals surface area contributed by atoms with Gasteiger partial charge < -0.3 is 15.4 Å². The van der Waals surface area contributed by atoms with Gasteiger partial charge in [0, 0.05) is 0 Å². The van der Waals surface area contributed by atoms with E-state index in [1.165, 1.54) is 36.4 Å². The Bertz CT molecular complexity index is 1120. The fourth-order valence-corrected chi connectivity index (χ4v) is 2.79. The number of nitriles is 1. The first-order valence-corrected chi connectivity index (χ1v) is 8.93. The van der Waals surface area contributed by atoms with E-state index in [-0.39, 0.29) is 35.7 Å². The van der Waals surface area contributed by atoms with Gasteiger partial charge in [-0.3, -0.25) is 14.5 Å².